The van der Waals surface area contributed by atoms with Gasteiger partial charge in [-0.25, -0.2) is 8.42 Å². The second-order valence-corrected chi connectivity index (χ2v) is 12.9. The van der Waals surface area contributed by atoms with Gasteiger partial charge in [0.2, 0.25) is 11.8 Å². The van der Waals surface area contributed by atoms with E-state index in [-0.39, 0.29) is 23.4 Å². The van der Waals surface area contributed by atoms with E-state index in [2.05, 4.69) is 5.32 Å². The number of amides is 2. The van der Waals surface area contributed by atoms with Crippen molar-refractivity contribution in [3.63, 3.8) is 0 Å². The van der Waals surface area contributed by atoms with Crippen molar-refractivity contribution in [1.82, 2.24) is 10.2 Å². The van der Waals surface area contributed by atoms with Gasteiger partial charge in [-0.05, 0) is 86.3 Å². The third-order valence-corrected chi connectivity index (χ3v) is 9.40. The van der Waals surface area contributed by atoms with Crippen LogP contribution in [0, 0.1) is 6.92 Å². The summed E-state index contributed by atoms with van der Waals surface area (Å²) < 4.78 is 28.8. The Morgan fingerprint density at radius 2 is 1.55 bits per heavy atom. The van der Waals surface area contributed by atoms with Gasteiger partial charge in [0.1, 0.15) is 12.6 Å². The number of nitrogens with zero attached hydrogens (tertiary/aromatic N) is 2. The number of rotatable bonds is 10. The normalized spacial score (nSPS) is 14.5. The highest BCUT2D eigenvalue weighted by molar-refractivity contribution is 7.92. The Kier molecular flexibility index (Phi) is 9.77. The van der Waals surface area contributed by atoms with Gasteiger partial charge in [-0.2, -0.15) is 0 Å². The molecule has 7 nitrogen and oxygen atoms in total. The highest BCUT2D eigenvalue weighted by atomic mass is 35.5. The molecule has 0 spiro atoms. The molecule has 0 unspecified atom stereocenters. The summed E-state index contributed by atoms with van der Waals surface area (Å²) in [5, 5.41) is 4.01. The van der Waals surface area contributed by atoms with Crippen LogP contribution in [-0.4, -0.2) is 43.8 Å². The lowest BCUT2D eigenvalue weighted by molar-refractivity contribution is -0.139. The lowest BCUT2D eigenvalue weighted by atomic mass is 10.1. The zero-order chi connectivity index (χ0) is 28.9. The van der Waals surface area contributed by atoms with E-state index in [4.69, 9.17) is 23.2 Å². The van der Waals surface area contributed by atoms with Gasteiger partial charge < -0.3 is 10.2 Å². The van der Waals surface area contributed by atoms with Crippen molar-refractivity contribution >= 4 is 50.7 Å². The fourth-order valence-electron chi connectivity index (χ4n) is 4.81. The highest BCUT2D eigenvalue weighted by Crippen LogP contribution is 2.26. The van der Waals surface area contributed by atoms with Crippen LogP contribution in [-0.2, 0) is 26.2 Å². The molecule has 3 aromatic rings. The lowest BCUT2D eigenvalue weighted by Crippen LogP contribution is -2.52. The first kappa shape index (κ1) is 29.9. The molecule has 4 rings (SSSR count). The van der Waals surface area contributed by atoms with Crippen molar-refractivity contribution in [2.24, 2.45) is 0 Å². The van der Waals surface area contributed by atoms with E-state index in [1.165, 1.54) is 29.2 Å². The van der Waals surface area contributed by atoms with E-state index in [0.29, 0.717) is 15.7 Å². The first-order valence-electron chi connectivity index (χ1n) is 13.2. The fourth-order valence-corrected chi connectivity index (χ4v) is 6.46. The van der Waals surface area contributed by atoms with Gasteiger partial charge in [0, 0.05) is 22.6 Å². The number of hydrogen-bond acceptors (Lipinski definition) is 4. The molecular formula is C30H33Cl2N3O4S. The molecule has 0 radical (unpaired) electrons. The molecule has 2 amide bonds. The van der Waals surface area contributed by atoms with E-state index in [9.17, 15) is 18.0 Å². The van der Waals surface area contributed by atoms with Crippen LogP contribution in [0.25, 0.3) is 0 Å². The highest BCUT2D eigenvalue weighted by Gasteiger charge is 2.33. The molecule has 0 heterocycles. The van der Waals surface area contributed by atoms with Crippen molar-refractivity contribution in [1.29, 1.82) is 0 Å². The molecule has 212 valence electrons. The molecular weight excluding hydrogens is 569 g/mol. The summed E-state index contributed by atoms with van der Waals surface area (Å²) in [6.45, 7) is 3.13. The first-order valence-corrected chi connectivity index (χ1v) is 15.4. The number of carbonyl (C=O) groups is 2. The third-order valence-electron chi connectivity index (χ3n) is 7.11. The number of nitrogens with one attached hydrogen (secondary N) is 1. The molecule has 0 aromatic heterocycles. The summed E-state index contributed by atoms with van der Waals surface area (Å²) in [5.41, 5.74) is 1.95. The molecule has 1 aliphatic carbocycles. The van der Waals surface area contributed by atoms with E-state index in [1.54, 1.807) is 49.4 Å². The van der Waals surface area contributed by atoms with E-state index < -0.39 is 28.5 Å². The maximum atomic E-state index is 14.0. The summed E-state index contributed by atoms with van der Waals surface area (Å²) in [5.74, 6) is -0.778. The number of sulfonamides is 1. The predicted molar refractivity (Wildman–Crippen MR) is 159 cm³/mol. The van der Waals surface area contributed by atoms with Gasteiger partial charge in [0.05, 0.1) is 10.6 Å². The van der Waals surface area contributed by atoms with Crippen molar-refractivity contribution in [3.8, 4) is 0 Å². The molecule has 1 fully saturated rings. The molecule has 0 bridgehead atoms. The summed E-state index contributed by atoms with van der Waals surface area (Å²) in [4.78, 5) is 28.7. The second-order valence-electron chi connectivity index (χ2n) is 10.1. The van der Waals surface area contributed by atoms with Gasteiger partial charge >= 0.3 is 0 Å². The van der Waals surface area contributed by atoms with Crippen LogP contribution in [0.15, 0.2) is 77.7 Å². The van der Waals surface area contributed by atoms with Crippen molar-refractivity contribution in [2.75, 3.05) is 10.8 Å². The van der Waals surface area contributed by atoms with Gasteiger partial charge in [-0.3, -0.25) is 13.9 Å². The molecule has 3 aromatic carbocycles. The predicted octanol–water partition coefficient (Wildman–Crippen LogP) is 5.97. The minimum Gasteiger partial charge on any atom is -0.352 e. The molecule has 0 saturated heterocycles. The quantitative estimate of drug-likeness (QED) is 0.310. The summed E-state index contributed by atoms with van der Waals surface area (Å²) in [7, 11) is -4.15. The average molecular weight is 603 g/mol. The Morgan fingerprint density at radius 3 is 2.15 bits per heavy atom. The van der Waals surface area contributed by atoms with Gasteiger partial charge in [0.25, 0.3) is 10.0 Å². The zero-order valence-electron chi connectivity index (χ0n) is 22.5. The lowest BCUT2D eigenvalue weighted by Gasteiger charge is -2.32. The molecule has 1 N–H and O–H groups in total. The SMILES string of the molecule is Cc1cccc(N(CC(=O)N(Cc2ccc(Cl)cc2)[C@@H](C)C(=O)NC2CCCC2)S(=O)(=O)c2ccc(Cl)cc2)c1. The maximum absolute atomic E-state index is 14.0. The Balaban J connectivity index is 1.68. The van der Waals surface area contributed by atoms with E-state index in [0.717, 1.165) is 41.1 Å². The minimum absolute atomic E-state index is 0.00230. The van der Waals surface area contributed by atoms with Crippen LogP contribution < -0.4 is 9.62 Å². The average Bonchev–Trinajstić information content (AvgIpc) is 3.44. The number of benzene rings is 3. The number of carbonyl (C=O) groups excluding carboxylic acids is 2. The van der Waals surface area contributed by atoms with Gasteiger partial charge in [-0.1, -0.05) is 60.3 Å². The number of anilines is 1. The Labute approximate surface area is 246 Å². The Hall–Kier alpha value is -3.07. The third kappa shape index (κ3) is 7.36. The standard InChI is InChI=1S/C30H33Cl2N3O4S/c1-21-6-5-9-27(18-21)35(40(38,39)28-16-14-25(32)15-17-28)20-29(36)34(19-23-10-12-24(31)13-11-23)22(2)30(37)33-26-7-3-4-8-26/h5-6,9-18,22,26H,3-4,7-8,19-20H2,1-2H3,(H,33,37)/t22-/m0/s1. The van der Waals surface area contributed by atoms with Crippen LogP contribution in [0.1, 0.15) is 43.7 Å². The number of hydrogen-bond donors (Lipinski definition) is 1. The zero-order valence-corrected chi connectivity index (χ0v) is 24.8. The van der Waals surface area contributed by atoms with Crippen LogP contribution in [0.2, 0.25) is 10.0 Å². The smallest absolute Gasteiger partial charge is 0.264 e. The topological polar surface area (TPSA) is 86.8 Å². The van der Waals surface area contributed by atoms with Crippen LogP contribution in [0.3, 0.4) is 0 Å². The van der Waals surface area contributed by atoms with Crippen LogP contribution in [0.4, 0.5) is 5.69 Å². The van der Waals surface area contributed by atoms with Crippen molar-refractivity contribution in [3.05, 3.63) is 94.0 Å². The van der Waals surface area contributed by atoms with E-state index in [1.807, 2.05) is 13.0 Å². The molecule has 40 heavy (non-hydrogen) atoms. The maximum Gasteiger partial charge on any atom is 0.264 e. The van der Waals surface area contributed by atoms with Gasteiger partial charge in [-0.15, -0.1) is 0 Å². The van der Waals surface area contributed by atoms with Crippen LogP contribution >= 0.6 is 23.2 Å². The second kappa shape index (κ2) is 13.1. The number of halogens is 2. The molecule has 1 atom stereocenters. The first-order chi connectivity index (χ1) is 19.0. The van der Waals surface area contributed by atoms with Gasteiger partial charge in [0.15, 0.2) is 0 Å². The molecule has 0 aliphatic heterocycles. The summed E-state index contributed by atoms with van der Waals surface area (Å²) >= 11 is 12.1. The Bertz CT molecular complexity index is 1440. The summed E-state index contributed by atoms with van der Waals surface area (Å²) in [6, 6.07) is 19.0. The molecule has 10 heteroatoms. The van der Waals surface area contributed by atoms with E-state index >= 15 is 0 Å². The number of aryl methyl sites for hydroxylation is 1. The monoisotopic (exact) mass is 601 g/mol. The van der Waals surface area contributed by atoms with Crippen LogP contribution in [0.5, 0.6) is 0 Å². The fraction of sp³-hybridized carbons (Fsp3) is 0.333. The van der Waals surface area contributed by atoms with Crippen molar-refractivity contribution in [2.45, 2.75) is 63.1 Å². The van der Waals surface area contributed by atoms with Crippen molar-refractivity contribution < 1.29 is 18.0 Å². The minimum atomic E-state index is -4.15. The molecule has 1 aliphatic rings. The largest absolute Gasteiger partial charge is 0.352 e. The Morgan fingerprint density at radius 1 is 0.950 bits per heavy atom. The summed E-state index contributed by atoms with van der Waals surface area (Å²) in [6.07, 6.45) is 3.93. The molecule has 1 saturated carbocycles.